The minimum absolute atomic E-state index is 0.216. The van der Waals surface area contributed by atoms with Crippen LogP contribution in [-0.2, 0) is 30.4 Å². The van der Waals surface area contributed by atoms with Crippen LogP contribution in [0.5, 0.6) is 0 Å². The van der Waals surface area contributed by atoms with Gasteiger partial charge >= 0.3 is 5.97 Å². The van der Waals surface area contributed by atoms with E-state index in [9.17, 15) is 24.0 Å². The molecule has 0 saturated heterocycles. The van der Waals surface area contributed by atoms with Gasteiger partial charge in [-0.05, 0) is 25.8 Å². The summed E-state index contributed by atoms with van der Waals surface area (Å²) in [5.41, 5.74) is 1.01. The lowest BCUT2D eigenvalue weighted by atomic mass is 10.1. The lowest BCUT2D eigenvalue weighted by molar-refractivity contribution is -0.139. The first-order valence-electron chi connectivity index (χ1n) is 8.84. The monoisotopic (exact) mass is 391 g/mol. The lowest BCUT2D eigenvalue weighted by Gasteiger charge is -2.19. The van der Waals surface area contributed by atoms with Gasteiger partial charge in [-0.15, -0.1) is 0 Å². The van der Waals surface area contributed by atoms with Crippen molar-refractivity contribution in [2.24, 2.45) is 0 Å². The highest BCUT2D eigenvalue weighted by Crippen LogP contribution is 2.02. The molecule has 0 fully saturated rings. The number of benzene rings is 1. The zero-order valence-corrected chi connectivity index (χ0v) is 15.8. The van der Waals surface area contributed by atoms with Gasteiger partial charge in [0.1, 0.15) is 18.4 Å². The second kappa shape index (κ2) is 11.5. The minimum Gasteiger partial charge on any atom is -0.481 e. The molecule has 0 bridgehead atoms. The van der Waals surface area contributed by atoms with E-state index < -0.39 is 42.3 Å². The Morgan fingerprint density at radius 2 is 1.54 bits per heavy atom. The number of carbonyl (C=O) groups excluding carboxylic acids is 4. The number of aldehydes is 1. The summed E-state index contributed by atoms with van der Waals surface area (Å²) < 4.78 is 0. The third-order valence-electron chi connectivity index (χ3n) is 3.89. The van der Waals surface area contributed by atoms with Gasteiger partial charge in [0.15, 0.2) is 0 Å². The molecule has 152 valence electrons. The standard InChI is InChI=1S/C19H25N3O6/c1-12(20-16(24)9-8-14-6-4-3-5-7-14)18(27)21-13(2)19(28)22-15(11-23)10-17(25)26/h3-7,11-13,15H,8-10H2,1-2H3,(H,20,24)(H,21,27)(H,22,28)(H,25,26)/t12-,13-,15?/m0/s1. The van der Waals surface area contributed by atoms with Crippen LogP contribution in [0.3, 0.4) is 0 Å². The molecule has 0 heterocycles. The summed E-state index contributed by atoms with van der Waals surface area (Å²) in [6.45, 7) is 2.87. The molecular formula is C19H25N3O6. The van der Waals surface area contributed by atoms with Crippen LogP contribution in [0.4, 0.5) is 0 Å². The first-order chi connectivity index (χ1) is 13.2. The molecule has 0 aliphatic carbocycles. The Balaban J connectivity index is 2.42. The molecular weight excluding hydrogens is 366 g/mol. The fourth-order valence-electron chi connectivity index (χ4n) is 2.31. The average Bonchev–Trinajstić information content (AvgIpc) is 2.65. The summed E-state index contributed by atoms with van der Waals surface area (Å²) in [6.07, 6.45) is 0.518. The second-order valence-electron chi connectivity index (χ2n) is 6.35. The van der Waals surface area contributed by atoms with Crippen LogP contribution in [0, 0.1) is 0 Å². The van der Waals surface area contributed by atoms with Crippen LogP contribution in [-0.4, -0.2) is 53.2 Å². The van der Waals surface area contributed by atoms with E-state index in [1.807, 2.05) is 30.3 Å². The number of carboxylic acids is 1. The molecule has 1 unspecified atom stereocenters. The number of carbonyl (C=O) groups is 5. The highest BCUT2D eigenvalue weighted by atomic mass is 16.4. The number of carboxylic acid groups (broad SMARTS) is 1. The van der Waals surface area contributed by atoms with E-state index >= 15 is 0 Å². The molecule has 9 nitrogen and oxygen atoms in total. The van der Waals surface area contributed by atoms with Gasteiger partial charge in [0.2, 0.25) is 17.7 Å². The number of aryl methyl sites for hydroxylation is 1. The van der Waals surface area contributed by atoms with Gasteiger partial charge in [0.05, 0.1) is 12.5 Å². The van der Waals surface area contributed by atoms with Gasteiger partial charge in [-0.25, -0.2) is 0 Å². The Morgan fingerprint density at radius 1 is 0.964 bits per heavy atom. The Labute approximate surface area is 162 Å². The maximum Gasteiger partial charge on any atom is 0.305 e. The number of rotatable bonds is 11. The SMILES string of the molecule is C[C@H](NC(=O)CCc1ccccc1)C(=O)N[C@@H](C)C(=O)NC(C=O)CC(=O)O. The van der Waals surface area contributed by atoms with Crippen molar-refractivity contribution in [3.05, 3.63) is 35.9 Å². The van der Waals surface area contributed by atoms with Crippen LogP contribution in [0.2, 0.25) is 0 Å². The Kier molecular flexibility index (Phi) is 9.35. The fourth-order valence-corrected chi connectivity index (χ4v) is 2.31. The van der Waals surface area contributed by atoms with Crippen molar-refractivity contribution in [1.82, 2.24) is 16.0 Å². The third-order valence-corrected chi connectivity index (χ3v) is 3.89. The fraction of sp³-hybridized carbons (Fsp3) is 0.421. The second-order valence-corrected chi connectivity index (χ2v) is 6.35. The summed E-state index contributed by atoms with van der Waals surface area (Å²) in [7, 11) is 0. The van der Waals surface area contributed by atoms with Crippen molar-refractivity contribution in [2.45, 2.75) is 51.2 Å². The van der Waals surface area contributed by atoms with Crippen LogP contribution in [0.15, 0.2) is 30.3 Å². The van der Waals surface area contributed by atoms with Crippen LogP contribution < -0.4 is 16.0 Å². The molecule has 0 aliphatic rings. The molecule has 4 N–H and O–H groups in total. The molecule has 0 aromatic heterocycles. The van der Waals surface area contributed by atoms with Gasteiger partial charge in [0.25, 0.3) is 0 Å². The Morgan fingerprint density at radius 3 is 2.11 bits per heavy atom. The topological polar surface area (TPSA) is 142 Å². The van der Waals surface area contributed by atoms with E-state index in [1.54, 1.807) is 0 Å². The van der Waals surface area contributed by atoms with Gasteiger partial charge in [-0.1, -0.05) is 30.3 Å². The van der Waals surface area contributed by atoms with Crippen molar-refractivity contribution in [1.29, 1.82) is 0 Å². The van der Waals surface area contributed by atoms with Crippen LogP contribution in [0.1, 0.15) is 32.3 Å². The molecule has 0 aliphatic heterocycles. The maximum atomic E-state index is 12.1. The number of nitrogens with one attached hydrogen (secondary N) is 3. The number of amides is 3. The molecule has 1 rings (SSSR count). The maximum absolute atomic E-state index is 12.1. The lowest BCUT2D eigenvalue weighted by Crippen LogP contribution is -2.53. The van der Waals surface area contributed by atoms with E-state index in [1.165, 1.54) is 13.8 Å². The molecule has 0 spiro atoms. The smallest absolute Gasteiger partial charge is 0.305 e. The first kappa shape index (κ1) is 22.8. The van der Waals surface area contributed by atoms with Crippen LogP contribution >= 0.6 is 0 Å². The number of hydrogen-bond acceptors (Lipinski definition) is 5. The van der Waals surface area contributed by atoms with Crippen molar-refractivity contribution < 1.29 is 29.1 Å². The predicted octanol–water partition coefficient (Wildman–Crippen LogP) is -0.213. The van der Waals surface area contributed by atoms with Gasteiger partial charge in [-0.3, -0.25) is 19.2 Å². The van der Waals surface area contributed by atoms with Gasteiger partial charge in [0, 0.05) is 6.42 Å². The number of hydrogen-bond donors (Lipinski definition) is 4. The van der Waals surface area contributed by atoms with E-state index in [-0.39, 0.29) is 12.3 Å². The van der Waals surface area contributed by atoms with E-state index in [0.717, 1.165) is 5.56 Å². The van der Waals surface area contributed by atoms with Crippen molar-refractivity contribution in [3.63, 3.8) is 0 Å². The molecule has 1 aromatic carbocycles. The molecule has 9 heteroatoms. The molecule has 3 amide bonds. The summed E-state index contributed by atoms with van der Waals surface area (Å²) in [5.74, 6) is -2.81. The van der Waals surface area contributed by atoms with Crippen molar-refractivity contribution >= 4 is 30.0 Å². The van der Waals surface area contributed by atoms with Gasteiger partial charge in [-0.2, -0.15) is 0 Å². The summed E-state index contributed by atoms with van der Waals surface area (Å²) in [5, 5.41) is 15.9. The largest absolute Gasteiger partial charge is 0.481 e. The number of aliphatic carboxylic acids is 1. The molecule has 0 radical (unpaired) electrons. The summed E-state index contributed by atoms with van der Waals surface area (Å²) in [4.78, 5) is 57.5. The highest BCUT2D eigenvalue weighted by molar-refractivity contribution is 5.92. The average molecular weight is 391 g/mol. The molecule has 3 atom stereocenters. The van der Waals surface area contributed by atoms with E-state index in [0.29, 0.717) is 12.7 Å². The Bertz CT molecular complexity index is 707. The summed E-state index contributed by atoms with van der Waals surface area (Å²) in [6, 6.07) is 6.39. The first-order valence-corrected chi connectivity index (χ1v) is 8.84. The van der Waals surface area contributed by atoms with E-state index in [4.69, 9.17) is 5.11 Å². The minimum atomic E-state index is -1.24. The zero-order chi connectivity index (χ0) is 21.1. The normalized spacial score (nSPS) is 13.5. The van der Waals surface area contributed by atoms with Gasteiger partial charge < -0.3 is 25.9 Å². The Hall–Kier alpha value is -3.23. The van der Waals surface area contributed by atoms with Crippen LogP contribution in [0.25, 0.3) is 0 Å². The molecule has 0 saturated carbocycles. The quantitative estimate of drug-likeness (QED) is 0.385. The summed E-state index contributed by atoms with van der Waals surface area (Å²) >= 11 is 0. The molecule has 1 aromatic rings. The van der Waals surface area contributed by atoms with Crippen molar-refractivity contribution in [3.8, 4) is 0 Å². The van der Waals surface area contributed by atoms with Crippen molar-refractivity contribution in [2.75, 3.05) is 0 Å². The highest BCUT2D eigenvalue weighted by Gasteiger charge is 2.23. The predicted molar refractivity (Wildman–Crippen MR) is 100 cm³/mol. The zero-order valence-electron chi connectivity index (χ0n) is 15.8. The molecule has 28 heavy (non-hydrogen) atoms. The van der Waals surface area contributed by atoms with E-state index in [2.05, 4.69) is 16.0 Å². The third kappa shape index (κ3) is 8.43.